The molecule has 5 nitrogen and oxygen atoms in total. The summed E-state index contributed by atoms with van der Waals surface area (Å²) in [5.74, 6) is 0.236. The number of anilines is 1. The zero-order valence-corrected chi connectivity index (χ0v) is 10.4. The van der Waals surface area contributed by atoms with Gasteiger partial charge in [0.25, 0.3) is 5.91 Å². The topological polar surface area (TPSA) is 59.3 Å². The molecule has 94 valence electrons. The summed E-state index contributed by atoms with van der Waals surface area (Å²) in [6.07, 6.45) is 1.81. The molecule has 0 fully saturated rings. The second kappa shape index (κ2) is 4.53. The van der Waals surface area contributed by atoms with E-state index in [-0.39, 0.29) is 5.91 Å². The monoisotopic (exact) mass is 252 g/mol. The highest BCUT2D eigenvalue weighted by molar-refractivity contribution is 6.04. The number of nitrogens with one attached hydrogen (secondary N) is 1. The molecule has 1 aromatic carbocycles. The van der Waals surface area contributed by atoms with E-state index in [1.807, 2.05) is 49.5 Å². The Morgan fingerprint density at radius 3 is 2.74 bits per heavy atom. The second-order valence-corrected chi connectivity index (χ2v) is 4.22. The molecule has 0 aliphatic heterocycles. The van der Waals surface area contributed by atoms with Crippen molar-refractivity contribution < 1.29 is 4.79 Å². The summed E-state index contributed by atoms with van der Waals surface area (Å²) in [6.45, 7) is 1.90. The molecule has 2 aromatic heterocycles. The van der Waals surface area contributed by atoms with E-state index in [0.717, 1.165) is 5.56 Å². The summed E-state index contributed by atoms with van der Waals surface area (Å²) in [5, 5.41) is 10.7. The molecule has 0 aliphatic carbocycles. The Morgan fingerprint density at radius 2 is 1.89 bits per heavy atom. The molecule has 0 radical (unpaired) electrons. The first-order valence-electron chi connectivity index (χ1n) is 5.92. The van der Waals surface area contributed by atoms with Crippen LogP contribution in [0.1, 0.15) is 15.9 Å². The number of pyridine rings is 1. The number of nitrogens with zero attached hydrogens (tertiary/aromatic N) is 3. The molecule has 1 N–H and O–H groups in total. The van der Waals surface area contributed by atoms with Crippen LogP contribution >= 0.6 is 0 Å². The SMILES string of the molecule is Cc1ccccc1C(=O)Nc1nnc2ccccn12. The van der Waals surface area contributed by atoms with Gasteiger partial charge in [-0.1, -0.05) is 24.3 Å². The standard InChI is InChI=1S/C14H12N4O/c1-10-6-2-3-7-11(10)13(19)15-14-17-16-12-8-4-5-9-18(12)14/h2-9H,1H3,(H,15,17,19). The first-order valence-corrected chi connectivity index (χ1v) is 5.92. The van der Waals surface area contributed by atoms with Crippen LogP contribution in [0.15, 0.2) is 48.7 Å². The maximum Gasteiger partial charge on any atom is 0.258 e. The number of amides is 1. The number of carbonyl (C=O) groups excluding carboxylic acids is 1. The minimum atomic E-state index is -0.184. The van der Waals surface area contributed by atoms with Crippen LogP contribution in [0.25, 0.3) is 5.65 Å². The van der Waals surface area contributed by atoms with Crippen molar-refractivity contribution in [2.24, 2.45) is 0 Å². The van der Waals surface area contributed by atoms with Crippen molar-refractivity contribution in [1.82, 2.24) is 14.6 Å². The Balaban J connectivity index is 1.94. The molecule has 0 unspecified atom stereocenters. The number of hydrogen-bond acceptors (Lipinski definition) is 3. The van der Waals surface area contributed by atoms with Gasteiger partial charge >= 0.3 is 0 Å². The van der Waals surface area contributed by atoms with Crippen molar-refractivity contribution in [1.29, 1.82) is 0 Å². The van der Waals surface area contributed by atoms with E-state index < -0.39 is 0 Å². The van der Waals surface area contributed by atoms with Gasteiger partial charge in [-0.25, -0.2) is 0 Å². The third-order valence-corrected chi connectivity index (χ3v) is 2.93. The Morgan fingerprint density at radius 1 is 1.11 bits per heavy atom. The van der Waals surface area contributed by atoms with Crippen LogP contribution in [0.5, 0.6) is 0 Å². The zero-order chi connectivity index (χ0) is 13.2. The van der Waals surface area contributed by atoms with Gasteiger partial charge in [0.2, 0.25) is 5.95 Å². The second-order valence-electron chi connectivity index (χ2n) is 4.22. The summed E-state index contributed by atoms with van der Waals surface area (Å²) in [7, 11) is 0. The lowest BCUT2D eigenvalue weighted by Gasteiger charge is -2.05. The lowest BCUT2D eigenvalue weighted by molar-refractivity contribution is 0.102. The summed E-state index contributed by atoms with van der Waals surface area (Å²) in [4.78, 5) is 12.2. The van der Waals surface area contributed by atoms with Crippen LogP contribution in [0.2, 0.25) is 0 Å². The lowest BCUT2D eigenvalue weighted by atomic mass is 10.1. The van der Waals surface area contributed by atoms with Gasteiger partial charge in [0, 0.05) is 11.8 Å². The maximum absolute atomic E-state index is 12.2. The molecule has 0 bridgehead atoms. The van der Waals surface area contributed by atoms with Crippen molar-refractivity contribution in [2.45, 2.75) is 6.92 Å². The highest BCUT2D eigenvalue weighted by Crippen LogP contribution is 2.12. The molecule has 0 aliphatic rings. The average molecular weight is 252 g/mol. The van der Waals surface area contributed by atoms with E-state index in [9.17, 15) is 4.79 Å². The van der Waals surface area contributed by atoms with Gasteiger partial charge in [-0.2, -0.15) is 0 Å². The van der Waals surface area contributed by atoms with E-state index >= 15 is 0 Å². The van der Waals surface area contributed by atoms with Gasteiger partial charge in [0.05, 0.1) is 0 Å². The lowest BCUT2D eigenvalue weighted by Crippen LogP contribution is -2.15. The molecule has 19 heavy (non-hydrogen) atoms. The summed E-state index contributed by atoms with van der Waals surface area (Å²) in [5.41, 5.74) is 2.26. The number of benzene rings is 1. The van der Waals surface area contributed by atoms with Crippen LogP contribution in [-0.4, -0.2) is 20.5 Å². The van der Waals surface area contributed by atoms with E-state index in [4.69, 9.17) is 0 Å². The van der Waals surface area contributed by atoms with Gasteiger partial charge < -0.3 is 0 Å². The molecular formula is C14H12N4O. The van der Waals surface area contributed by atoms with Gasteiger partial charge in [-0.15, -0.1) is 10.2 Å². The van der Waals surface area contributed by atoms with E-state index in [1.54, 1.807) is 10.5 Å². The zero-order valence-electron chi connectivity index (χ0n) is 10.4. The highest BCUT2D eigenvalue weighted by atomic mass is 16.1. The van der Waals surface area contributed by atoms with E-state index in [2.05, 4.69) is 15.5 Å². The molecule has 5 heteroatoms. The quantitative estimate of drug-likeness (QED) is 0.761. The van der Waals surface area contributed by atoms with Gasteiger partial charge in [0.15, 0.2) is 5.65 Å². The summed E-state index contributed by atoms with van der Waals surface area (Å²) < 4.78 is 1.73. The third-order valence-electron chi connectivity index (χ3n) is 2.93. The van der Waals surface area contributed by atoms with Crippen LogP contribution in [0.4, 0.5) is 5.95 Å². The number of aromatic nitrogens is 3. The number of rotatable bonds is 2. The largest absolute Gasteiger partial charge is 0.290 e. The van der Waals surface area contributed by atoms with Crippen LogP contribution in [-0.2, 0) is 0 Å². The molecule has 1 amide bonds. The molecule has 0 atom stereocenters. The fourth-order valence-corrected chi connectivity index (χ4v) is 1.92. The van der Waals surface area contributed by atoms with E-state index in [0.29, 0.717) is 17.2 Å². The van der Waals surface area contributed by atoms with Gasteiger partial charge in [-0.3, -0.25) is 14.5 Å². The first kappa shape index (κ1) is 11.4. The molecule has 0 saturated carbocycles. The minimum Gasteiger partial charge on any atom is -0.290 e. The van der Waals surface area contributed by atoms with Gasteiger partial charge in [0.1, 0.15) is 0 Å². The maximum atomic E-state index is 12.2. The predicted octanol–water partition coefficient (Wildman–Crippen LogP) is 2.29. The van der Waals surface area contributed by atoms with Crippen LogP contribution < -0.4 is 5.32 Å². The predicted molar refractivity (Wildman–Crippen MR) is 72.1 cm³/mol. The summed E-state index contributed by atoms with van der Waals surface area (Å²) in [6, 6.07) is 13.0. The minimum absolute atomic E-state index is 0.184. The van der Waals surface area contributed by atoms with Crippen molar-refractivity contribution in [2.75, 3.05) is 5.32 Å². The van der Waals surface area contributed by atoms with Crippen LogP contribution in [0.3, 0.4) is 0 Å². The average Bonchev–Trinajstić information content (AvgIpc) is 2.83. The smallest absolute Gasteiger partial charge is 0.258 e. The molecular weight excluding hydrogens is 240 g/mol. The van der Waals surface area contributed by atoms with Gasteiger partial charge in [-0.05, 0) is 30.7 Å². The molecule has 3 rings (SSSR count). The highest BCUT2D eigenvalue weighted by Gasteiger charge is 2.12. The molecule has 0 saturated heterocycles. The number of hydrogen-bond donors (Lipinski definition) is 1. The number of carbonyl (C=O) groups is 1. The van der Waals surface area contributed by atoms with Crippen molar-refractivity contribution >= 4 is 17.5 Å². The van der Waals surface area contributed by atoms with Crippen molar-refractivity contribution in [3.8, 4) is 0 Å². The number of fused-ring (bicyclic) bond motifs is 1. The first-order chi connectivity index (χ1) is 9.25. The number of aryl methyl sites for hydroxylation is 1. The van der Waals surface area contributed by atoms with Crippen molar-refractivity contribution in [3.05, 3.63) is 59.8 Å². The Bertz CT molecular complexity index is 748. The Hall–Kier alpha value is -2.69. The van der Waals surface area contributed by atoms with Crippen LogP contribution in [0, 0.1) is 6.92 Å². The molecule has 0 spiro atoms. The van der Waals surface area contributed by atoms with Crippen molar-refractivity contribution in [3.63, 3.8) is 0 Å². The fourth-order valence-electron chi connectivity index (χ4n) is 1.92. The third kappa shape index (κ3) is 2.06. The van der Waals surface area contributed by atoms with E-state index in [1.165, 1.54) is 0 Å². The summed E-state index contributed by atoms with van der Waals surface area (Å²) >= 11 is 0. The fraction of sp³-hybridized carbons (Fsp3) is 0.0714. The molecule has 3 aromatic rings. The Kier molecular flexibility index (Phi) is 2.72. The Labute approximate surface area is 109 Å². The molecule has 2 heterocycles. The normalized spacial score (nSPS) is 10.6.